The number of rotatable bonds is 5. The molecule has 0 fully saturated rings. The number of urea groups is 1. The Kier molecular flexibility index (Phi) is 6.28. The highest BCUT2D eigenvalue weighted by atomic mass is 35.5. The van der Waals surface area contributed by atoms with E-state index in [1.165, 1.54) is 5.56 Å². The first kappa shape index (κ1) is 17.6. The third-order valence-corrected chi connectivity index (χ3v) is 3.50. The van der Waals surface area contributed by atoms with Gasteiger partial charge in [0.1, 0.15) is 0 Å². The molecular weight excluding hydrogens is 333 g/mol. The van der Waals surface area contributed by atoms with Crippen LogP contribution in [0.1, 0.15) is 11.1 Å². The Hall–Kier alpha value is -1.75. The third-order valence-electron chi connectivity index (χ3n) is 3.06. The van der Waals surface area contributed by atoms with Crippen LogP contribution in [-0.2, 0) is 13.1 Å². The molecule has 0 atom stereocenters. The monoisotopic (exact) mass is 351 g/mol. The predicted molar refractivity (Wildman–Crippen MR) is 96.2 cm³/mol. The number of halogens is 2. The molecule has 23 heavy (non-hydrogen) atoms. The second-order valence-electron chi connectivity index (χ2n) is 5.52. The molecule has 2 aromatic rings. The molecule has 4 nitrogen and oxygen atoms in total. The van der Waals surface area contributed by atoms with E-state index >= 15 is 0 Å². The second-order valence-corrected chi connectivity index (χ2v) is 6.40. The maximum absolute atomic E-state index is 12.0. The zero-order valence-corrected chi connectivity index (χ0v) is 14.6. The van der Waals surface area contributed by atoms with Crippen LogP contribution in [0, 0.1) is 0 Å². The van der Waals surface area contributed by atoms with Crippen molar-refractivity contribution in [2.75, 3.05) is 19.4 Å². The molecule has 0 aliphatic carbocycles. The highest BCUT2D eigenvalue weighted by Gasteiger charge is 2.04. The lowest BCUT2D eigenvalue weighted by atomic mass is 10.1. The van der Waals surface area contributed by atoms with Gasteiger partial charge in [-0.15, -0.1) is 0 Å². The standard InChI is InChI=1S/C17H19Cl2N3O/c1-22(2)11-13-5-3-4-12(6-13)10-20-17(23)21-16-8-14(18)7-15(19)9-16/h3-9H,10-11H2,1-2H3,(H2,20,21,23). The molecule has 0 aliphatic heterocycles. The summed E-state index contributed by atoms with van der Waals surface area (Å²) in [4.78, 5) is 14.1. The molecule has 2 amide bonds. The zero-order valence-electron chi connectivity index (χ0n) is 13.1. The Balaban J connectivity index is 1.91. The summed E-state index contributed by atoms with van der Waals surface area (Å²) < 4.78 is 0. The summed E-state index contributed by atoms with van der Waals surface area (Å²) in [5.74, 6) is 0. The van der Waals surface area contributed by atoms with Gasteiger partial charge in [0.15, 0.2) is 0 Å². The number of hydrogen-bond acceptors (Lipinski definition) is 2. The minimum absolute atomic E-state index is 0.304. The van der Waals surface area contributed by atoms with E-state index in [-0.39, 0.29) is 6.03 Å². The molecule has 0 aliphatic rings. The fourth-order valence-corrected chi connectivity index (χ4v) is 2.71. The average Bonchev–Trinajstić information content (AvgIpc) is 2.43. The van der Waals surface area contributed by atoms with Gasteiger partial charge in [-0.05, 0) is 43.4 Å². The molecular formula is C17H19Cl2N3O. The van der Waals surface area contributed by atoms with Crippen LogP contribution in [0.4, 0.5) is 10.5 Å². The molecule has 0 saturated carbocycles. The summed E-state index contributed by atoms with van der Waals surface area (Å²) >= 11 is 11.8. The van der Waals surface area contributed by atoms with Crippen LogP contribution in [0.3, 0.4) is 0 Å². The Morgan fingerprint density at radius 2 is 1.70 bits per heavy atom. The first-order valence-corrected chi connectivity index (χ1v) is 7.91. The number of carbonyl (C=O) groups excluding carboxylic acids is 1. The van der Waals surface area contributed by atoms with Crippen LogP contribution in [0.25, 0.3) is 0 Å². The van der Waals surface area contributed by atoms with Crippen molar-refractivity contribution in [1.29, 1.82) is 0 Å². The quantitative estimate of drug-likeness (QED) is 0.839. The van der Waals surface area contributed by atoms with Gasteiger partial charge in [-0.25, -0.2) is 4.79 Å². The third kappa shape index (κ3) is 6.10. The molecule has 0 bridgehead atoms. The minimum Gasteiger partial charge on any atom is -0.334 e. The van der Waals surface area contributed by atoms with Gasteiger partial charge in [-0.1, -0.05) is 47.5 Å². The molecule has 2 rings (SSSR count). The van der Waals surface area contributed by atoms with E-state index in [9.17, 15) is 4.79 Å². The van der Waals surface area contributed by atoms with Crippen molar-refractivity contribution in [3.63, 3.8) is 0 Å². The predicted octanol–water partition coefficient (Wildman–Crippen LogP) is 4.38. The number of anilines is 1. The fraction of sp³-hybridized carbons (Fsp3) is 0.235. The summed E-state index contributed by atoms with van der Waals surface area (Å²) in [5.41, 5.74) is 2.81. The van der Waals surface area contributed by atoms with Crippen molar-refractivity contribution in [3.05, 3.63) is 63.6 Å². The van der Waals surface area contributed by atoms with Gasteiger partial charge in [0.2, 0.25) is 0 Å². The normalized spacial score (nSPS) is 10.7. The van der Waals surface area contributed by atoms with Crippen LogP contribution >= 0.6 is 23.2 Å². The van der Waals surface area contributed by atoms with E-state index in [1.54, 1.807) is 18.2 Å². The molecule has 6 heteroatoms. The number of nitrogens with zero attached hydrogens (tertiary/aromatic N) is 1. The molecule has 0 heterocycles. The van der Waals surface area contributed by atoms with E-state index in [4.69, 9.17) is 23.2 Å². The van der Waals surface area contributed by atoms with Gasteiger partial charge in [0, 0.05) is 28.8 Å². The van der Waals surface area contributed by atoms with E-state index in [0.29, 0.717) is 22.3 Å². The summed E-state index contributed by atoms with van der Waals surface area (Å²) in [6.45, 7) is 1.31. The van der Waals surface area contributed by atoms with E-state index < -0.39 is 0 Å². The maximum Gasteiger partial charge on any atom is 0.319 e. The lowest BCUT2D eigenvalue weighted by Crippen LogP contribution is -2.28. The first-order chi connectivity index (χ1) is 10.9. The van der Waals surface area contributed by atoms with Crippen LogP contribution in [0.15, 0.2) is 42.5 Å². The molecule has 0 spiro atoms. The SMILES string of the molecule is CN(C)Cc1cccc(CNC(=O)Nc2cc(Cl)cc(Cl)c2)c1. The van der Waals surface area contributed by atoms with Gasteiger partial charge >= 0.3 is 6.03 Å². The number of nitrogens with one attached hydrogen (secondary N) is 2. The second kappa shape index (κ2) is 8.20. The van der Waals surface area contributed by atoms with E-state index in [1.807, 2.05) is 26.2 Å². The van der Waals surface area contributed by atoms with Crippen molar-refractivity contribution in [3.8, 4) is 0 Å². The van der Waals surface area contributed by atoms with Gasteiger partial charge in [0.05, 0.1) is 0 Å². The number of hydrogen-bond donors (Lipinski definition) is 2. The van der Waals surface area contributed by atoms with E-state index in [2.05, 4.69) is 27.7 Å². The van der Waals surface area contributed by atoms with Crippen molar-refractivity contribution >= 4 is 34.9 Å². The Morgan fingerprint density at radius 3 is 2.35 bits per heavy atom. The number of carbonyl (C=O) groups is 1. The van der Waals surface area contributed by atoms with Gasteiger partial charge in [-0.2, -0.15) is 0 Å². The summed E-state index contributed by atoms with van der Waals surface area (Å²) in [5, 5.41) is 6.48. The molecule has 0 unspecified atom stereocenters. The van der Waals surface area contributed by atoms with Crippen molar-refractivity contribution < 1.29 is 4.79 Å². The Morgan fingerprint density at radius 1 is 1.04 bits per heavy atom. The molecule has 2 aromatic carbocycles. The average molecular weight is 352 g/mol. The highest BCUT2D eigenvalue weighted by Crippen LogP contribution is 2.22. The molecule has 0 saturated heterocycles. The van der Waals surface area contributed by atoms with E-state index in [0.717, 1.165) is 12.1 Å². The smallest absolute Gasteiger partial charge is 0.319 e. The maximum atomic E-state index is 12.0. The fourth-order valence-electron chi connectivity index (χ4n) is 2.19. The summed E-state index contributed by atoms with van der Waals surface area (Å²) in [6.07, 6.45) is 0. The largest absolute Gasteiger partial charge is 0.334 e. The number of amides is 2. The van der Waals surface area contributed by atoms with Crippen molar-refractivity contribution in [2.24, 2.45) is 0 Å². The van der Waals surface area contributed by atoms with Crippen LogP contribution in [0.5, 0.6) is 0 Å². The van der Waals surface area contributed by atoms with Crippen LogP contribution in [-0.4, -0.2) is 25.0 Å². The lowest BCUT2D eigenvalue weighted by Gasteiger charge is -2.12. The Labute approximate surface area is 146 Å². The lowest BCUT2D eigenvalue weighted by molar-refractivity contribution is 0.251. The van der Waals surface area contributed by atoms with Crippen molar-refractivity contribution in [1.82, 2.24) is 10.2 Å². The molecule has 122 valence electrons. The van der Waals surface area contributed by atoms with Gasteiger partial charge in [-0.3, -0.25) is 0 Å². The van der Waals surface area contributed by atoms with Gasteiger partial charge < -0.3 is 15.5 Å². The molecule has 2 N–H and O–H groups in total. The topological polar surface area (TPSA) is 44.4 Å². The Bertz CT molecular complexity index is 669. The van der Waals surface area contributed by atoms with Crippen molar-refractivity contribution in [2.45, 2.75) is 13.1 Å². The van der Waals surface area contributed by atoms with Crippen LogP contribution < -0.4 is 10.6 Å². The first-order valence-electron chi connectivity index (χ1n) is 7.16. The molecule has 0 aromatic heterocycles. The molecule has 0 radical (unpaired) electrons. The summed E-state index contributed by atoms with van der Waals surface area (Å²) in [6, 6.07) is 12.7. The number of benzene rings is 2. The minimum atomic E-state index is -0.304. The summed E-state index contributed by atoms with van der Waals surface area (Å²) in [7, 11) is 4.04. The van der Waals surface area contributed by atoms with Gasteiger partial charge in [0.25, 0.3) is 0 Å². The van der Waals surface area contributed by atoms with Crippen LogP contribution in [0.2, 0.25) is 10.0 Å². The zero-order chi connectivity index (χ0) is 16.8. The highest BCUT2D eigenvalue weighted by molar-refractivity contribution is 6.35.